The van der Waals surface area contributed by atoms with Crippen molar-refractivity contribution in [1.82, 2.24) is 24.5 Å². The van der Waals surface area contributed by atoms with Crippen LogP contribution in [0.25, 0.3) is 15.3 Å². The van der Waals surface area contributed by atoms with Gasteiger partial charge in [-0.25, -0.2) is 4.98 Å². The van der Waals surface area contributed by atoms with Crippen molar-refractivity contribution in [2.75, 3.05) is 5.32 Å². The van der Waals surface area contributed by atoms with Gasteiger partial charge in [-0.2, -0.15) is 14.9 Å². The maximum Gasteiger partial charge on any atom is 0.275 e. The van der Waals surface area contributed by atoms with E-state index in [9.17, 15) is 4.79 Å². The number of hydrogen-bond donors (Lipinski definition) is 1. The molecule has 3 aromatic heterocycles. The number of anilines is 1. The zero-order valence-corrected chi connectivity index (χ0v) is 17.5. The van der Waals surface area contributed by atoms with Crippen LogP contribution in [-0.4, -0.2) is 30.5 Å². The average Bonchev–Trinajstić information content (AvgIpc) is 3.35. The number of amides is 1. The largest absolute Gasteiger partial charge is 0.305 e. The van der Waals surface area contributed by atoms with E-state index in [4.69, 9.17) is 16.6 Å². The first kappa shape index (κ1) is 18.6. The molecular formula is C19H19ClN6OS. The van der Waals surface area contributed by atoms with Crippen LogP contribution in [0.15, 0.2) is 24.3 Å². The Labute approximate surface area is 171 Å². The van der Waals surface area contributed by atoms with Crippen LogP contribution in [0.4, 0.5) is 5.82 Å². The van der Waals surface area contributed by atoms with Crippen molar-refractivity contribution in [3.8, 4) is 5.13 Å². The molecule has 0 unspecified atom stereocenters. The SMILES string of the molecule is CCn1nc(C)cc1C(=O)Nc1cc(C)nn1-c1nc2c(C)ccc(Cl)c2s1. The molecule has 4 aromatic rings. The summed E-state index contributed by atoms with van der Waals surface area (Å²) in [5.41, 5.74) is 3.97. The number of fused-ring (bicyclic) bond motifs is 1. The highest BCUT2D eigenvalue weighted by Gasteiger charge is 2.19. The van der Waals surface area contributed by atoms with Gasteiger partial charge in [-0.3, -0.25) is 9.48 Å². The van der Waals surface area contributed by atoms with Crippen LogP contribution in [0, 0.1) is 20.8 Å². The zero-order chi connectivity index (χ0) is 20.0. The Bertz CT molecular complexity index is 1170. The lowest BCUT2D eigenvalue weighted by Crippen LogP contribution is -2.19. The van der Waals surface area contributed by atoms with Gasteiger partial charge in [-0.05, 0) is 45.4 Å². The maximum atomic E-state index is 12.8. The Hall–Kier alpha value is -2.71. The molecule has 28 heavy (non-hydrogen) atoms. The van der Waals surface area contributed by atoms with Crippen molar-refractivity contribution in [1.29, 1.82) is 0 Å². The fourth-order valence-corrected chi connectivity index (χ4v) is 4.35. The summed E-state index contributed by atoms with van der Waals surface area (Å²) >= 11 is 7.78. The second-order valence-electron chi connectivity index (χ2n) is 6.56. The van der Waals surface area contributed by atoms with E-state index in [0.717, 1.165) is 27.2 Å². The van der Waals surface area contributed by atoms with Crippen molar-refractivity contribution >= 4 is 44.9 Å². The second-order valence-corrected chi connectivity index (χ2v) is 7.95. The molecule has 0 aliphatic rings. The molecule has 0 atom stereocenters. The van der Waals surface area contributed by atoms with Crippen LogP contribution in [0.2, 0.25) is 5.02 Å². The van der Waals surface area contributed by atoms with Gasteiger partial charge < -0.3 is 5.32 Å². The highest BCUT2D eigenvalue weighted by atomic mass is 35.5. The van der Waals surface area contributed by atoms with Gasteiger partial charge in [0.1, 0.15) is 11.5 Å². The lowest BCUT2D eigenvalue weighted by molar-refractivity contribution is 0.101. The third-order valence-corrected chi connectivity index (χ3v) is 5.87. The number of halogens is 1. The molecule has 4 rings (SSSR count). The Morgan fingerprint density at radius 1 is 1.18 bits per heavy atom. The standard InChI is InChI=1S/C19H19ClN6OS/c1-5-25-14(8-11(3)23-25)18(27)21-15-9-12(4)24-26(15)19-22-16-10(2)6-7-13(20)17(16)28-19/h6-9H,5H2,1-4H3,(H,21,27). The van der Waals surface area contributed by atoms with Gasteiger partial charge >= 0.3 is 0 Å². The molecule has 7 nitrogen and oxygen atoms in total. The molecule has 1 amide bonds. The summed E-state index contributed by atoms with van der Waals surface area (Å²) < 4.78 is 4.23. The summed E-state index contributed by atoms with van der Waals surface area (Å²) in [7, 11) is 0. The molecular weight excluding hydrogens is 396 g/mol. The molecule has 144 valence electrons. The third kappa shape index (κ3) is 3.18. The molecule has 0 aliphatic carbocycles. The van der Waals surface area contributed by atoms with Gasteiger partial charge in [0.25, 0.3) is 5.91 Å². The summed E-state index contributed by atoms with van der Waals surface area (Å²) in [4.78, 5) is 17.5. The number of thiazole rings is 1. The molecule has 0 saturated heterocycles. The molecule has 1 aromatic carbocycles. The molecule has 0 spiro atoms. The van der Waals surface area contributed by atoms with Gasteiger partial charge in [0.15, 0.2) is 0 Å². The van der Waals surface area contributed by atoms with Crippen LogP contribution < -0.4 is 5.32 Å². The van der Waals surface area contributed by atoms with Crippen LogP contribution in [0.5, 0.6) is 0 Å². The normalized spacial score (nSPS) is 11.3. The highest BCUT2D eigenvalue weighted by Crippen LogP contribution is 2.34. The van der Waals surface area contributed by atoms with Crippen molar-refractivity contribution in [3.63, 3.8) is 0 Å². The Kier molecular flexibility index (Phi) is 4.68. The van der Waals surface area contributed by atoms with Crippen molar-refractivity contribution in [2.24, 2.45) is 0 Å². The number of nitrogens with zero attached hydrogens (tertiary/aromatic N) is 5. The molecule has 9 heteroatoms. The van der Waals surface area contributed by atoms with Crippen molar-refractivity contribution < 1.29 is 4.79 Å². The molecule has 3 heterocycles. The molecule has 1 N–H and O–H groups in total. The van der Waals surface area contributed by atoms with Gasteiger partial charge in [0, 0.05) is 12.6 Å². The van der Waals surface area contributed by atoms with E-state index >= 15 is 0 Å². The molecule has 0 aliphatic heterocycles. The molecule has 0 saturated carbocycles. The smallest absolute Gasteiger partial charge is 0.275 e. The van der Waals surface area contributed by atoms with Gasteiger partial charge in [0.2, 0.25) is 5.13 Å². The number of rotatable bonds is 4. The minimum atomic E-state index is -0.237. The lowest BCUT2D eigenvalue weighted by Gasteiger charge is -2.07. The van der Waals surface area contributed by atoms with E-state index in [1.54, 1.807) is 15.4 Å². The predicted molar refractivity (Wildman–Crippen MR) is 112 cm³/mol. The van der Waals surface area contributed by atoms with E-state index < -0.39 is 0 Å². The first-order valence-corrected chi connectivity index (χ1v) is 10.0. The predicted octanol–water partition coefficient (Wildman–Crippen LogP) is 4.53. The van der Waals surface area contributed by atoms with Gasteiger partial charge in [-0.1, -0.05) is 29.0 Å². The molecule has 0 fully saturated rings. The van der Waals surface area contributed by atoms with Gasteiger partial charge in [-0.15, -0.1) is 0 Å². The van der Waals surface area contributed by atoms with Crippen LogP contribution in [0.3, 0.4) is 0 Å². The Balaban J connectivity index is 1.74. The molecule has 0 radical (unpaired) electrons. The number of benzene rings is 1. The number of hydrogen-bond acceptors (Lipinski definition) is 5. The topological polar surface area (TPSA) is 77.6 Å². The van der Waals surface area contributed by atoms with E-state index in [2.05, 4.69) is 15.5 Å². The van der Waals surface area contributed by atoms with Crippen LogP contribution in [0.1, 0.15) is 34.4 Å². The van der Waals surface area contributed by atoms with Gasteiger partial charge in [0.05, 0.1) is 26.6 Å². The monoisotopic (exact) mass is 414 g/mol. The number of nitrogens with one attached hydrogen (secondary N) is 1. The summed E-state index contributed by atoms with van der Waals surface area (Å²) in [5, 5.41) is 13.1. The number of aryl methyl sites for hydroxylation is 4. The van der Waals surface area contributed by atoms with E-state index in [1.807, 2.05) is 45.9 Å². The number of aromatic nitrogens is 5. The minimum absolute atomic E-state index is 0.237. The minimum Gasteiger partial charge on any atom is -0.305 e. The summed E-state index contributed by atoms with van der Waals surface area (Å²) in [6.45, 7) is 8.30. The fraction of sp³-hybridized carbons (Fsp3) is 0.263. The fourth-order valence-electron chi connectivity index (χ4n) is 3.07. The highest BCUT2D eigenvalue weighted by molar-refractivity contribution is 7.21. The van der Waals surface area contributed by atoms with E-state index in [0.29, 0.717) is 28.2 Å². The number of carbonyl (C=O) groups excluding carboxylic acids is 1. The Morgan fingerprint density at radius 3 is 2.64 bits per heavy atom. The quantitative estimate of drug-likeness (QED) is 0.532. The maximum absolute atomic E-state index is 12.8. The first-order valence-electron chi connectivity index (χ1n) is 8.86. The van der Waals surface area contributed by atoms with Crippen LogP contribution in [-0.2, 0) is 6.54 Å². The average molecular weight is 415 g/mol. The Morgan fingerprint density at radius 2 is 1.93 bits per heavy atom. The van der Waals surface area contributed by atoms with Crippen LogP contribution >= 0.6 is 22.9 Å². The number of carbonyl (C=O) groups is 1. The van der Waals surface area contributed by atoms with E-state index in [-0.39, 0.29) is 5.91 Å². The van der Waals surface area contributed by atoms with Crippen molar-refractivity contribution in [3.05, 3.63) is 51.9 Å². The zero-order valence-electron chi connectivity index (χ0n) is 15.9. The summed E-state index contributed by atoms with van der Waals surface area (Å²) in [6.07, 6.45) is 0. The van der Waals surface area contributed by atoms with Crippen molar-refractivity contribution in [2.45, 2.75) is 34.2 Å². The second kappa shape index (κ2) is 7.03. The molecule has 0 bridgehead atoms. The first-order chi connectivity index (χ1) is 13.4. The van der Waals surface area contributed by atoms with E-state index in [1.165, 1.54) is 11.3 Å². The lowest BCUT2D eigenvalue weighted by atomic mass is 10.2. The summed E-state index contributed by atoms with van der Waals surface area (Å²) in [5.74, 6) is 0.316. The summed E-state index contributed by atoms with van der Waals surface area (Å²) in [6, 6.07) is 7.40. The third-order valence-electron chi connectivity index (χ3n) is 4.37.